The summed E-state index contributed by atoms with van der Waals surface area (Å²) in [6, 6.07) is 13.8. The Balaban J connectivity index is 1.35. The third kappa shape index (κ3) is 2.73. The molecule has 2 aromatic rings. The lowest BCUT2D eigenvalue weighted by atomic mass is 9.71. The largest absolute Gasteiger partial charge is 0.347 e. The van der Waals surface area contributed by atoms with Crippen LogP contribution in [0.15, 0.2) is 48.7 Å². The fourth-order valence-corrected chi connectivity index (χ4v) is 4.04. The molecular weight excluding hydrogens is 314 g/mol. The van der Waals surface area contributed by atoms with E-state index in [0.29, 0.717) is 25.3 Å². The van der Waals surface area contributed by atoms with Gasteiger partial charge in [0.1, 0.15) is 5.69 Å². The number of hydrogen-bond acceptors (Lipinski definition) is 2. The molecular formula is C20H23N3O2. The van der Waals surface area contributed by atoms with Crippen molar-refractivity contribution in [2.45, 2.75) is 19.4 Å². The Morgan fingerprint density at radius 3 is 2.40 bits per heavy atom. The highest BCUT2D eigenvalue weighted by molar-refractivity contribution is 5.93. The minimum Gasteiger partial charge on any atom is -0.347 e. The van der Waals surface area contributed by atoms with Crippen molar-refractivity contribution in [2.75, 3.05) is 19.6 Å². The second kappa shape index (κ2) is 6.06. The van der Waals surface area contributed by atoms with Crippen LogP contribution in [0.25, 0.3) is 0 Å². The smallest absolute Gasteiger partial charge is 0.270 e. The highest BCUT2D eigenvalue weighted by Gasteiger charge is 2.53. The van der Waals surface area contributed by atoms with E-state index in [-0.39, 0.29) is 17.2 Å². The molecule has 2 fully saturated rings. The average molecular weight is 337 g/mol. The molecule has 5 heteroatoms. The summed E-state index contributed by atoms with van der Waals surface area (Å²) in [6.45, 7) is 2.82. The molecule has 2 aliphatic heterocycles. The van der Waals surface area contributed by atoms with Gasteiger partial charge < -0.3 is 14.4 Å². The number of aryl methyl sites for hydroxylation is 1. The van der Waals surface area contributed by atoms with Crippen LogP contribution in [0.5, 0.6) is 0 Å². The summed E-state index contributed by atoms with van der Waals surface area (Å²) in [6.07, 6.45) is 3.43. The van der Waals surface area contributed by atoms with Gasteiger partial charge in [0.05, 0.1) is 5.41 Å². The van der Waals surface area contributed by atoms with Crippen molar-refractivity contribution < 1.29 is 9.59 Å². The molecule has 0 aliphatic carbocycles. The van der Waals surface area contributed by atoms with Gasteiger partial charge in [0.15, 0.2) is 0 Å². The van der Waals surface area contributed by atoms with E-state index in [1.807, 2.05) is 57.9 Å². The number of likely N-dealkylation sites (tertiary alicyclic amines) is 2. The molecule has 3 heterocycles. The van der Waals surface area contributed by atoms with E-state index in [0.717, 1.165) is 19.4 Å². The van der Waals surface area contributed by atoms with E-state index in [4.69, 9.17) is 0 Å². The summed E-state index contributed by atoms with van der Waals surface area (Å²) in [7, 11) is 1.88. The summed E-state index contributed by atoms with van der Waals surface area (Å²) in [4.78, 5) is 29.1. The molecule has 2 saturated heterocycles. The molecule has 0 N–H and O–H groups in total. The Kier molecular flexibility index (Phi) is 3.86. The quantitative estimate of drug-likeness (QED) is 0.807. The minimum absolute atomic E-state index is 0.0651. The first-order chi connectivity index (χ1) is 12.1. The van der Waals surface area contributed by atoms with Crippen molar-refractivity contribution in [1.82, 2.24) is 14.4 Å². The number of carbonyl (C=O) groups is 2. The van der Waals surface area contributed by atoms with E-state index in [9.17, 15) is 9.59 Å². The van der Waals surface area contributed by atoms with Crippen molar-refractivity contribution in [3.05, 3.63) is 59.9 Å². The van der Waals surface area contributed by atoms with Crippen molar-refractivity contribution in [2.24, 2.45) is 12.5 Å². The van der Waals surface area contributed by atoms with Crippen LogP contribution in [0.2, 0.25) is 0 Å². The summed E-state index contributed by atoms with van der Waals surface area (Å²) >= 11 is 0. The van der Waals surface area contributed by atoms with E-state index in [1.165, 1.54) is 5.56 Å². The first-order valence-electron chi connectivity index (χ1n) is 8.83. The van der Waals surface area contributed by atoms with Crippen LogP contribution in [0.1, 0.15) is 28.9 Å². The third-order valence-electron chi connectivity index (χ3n) is 5.62. The number of amides is 2. The molecule has 0 saturated carbocycles. The molecule has 2 aliphatic rings. The molecule has 2 amide bonds. The third-order valence-corrected chi connectivity index (χ3v) is 5.62. The molecule has 0 atom stereocenters. The minimum atomic E-state index is -0.236. The van der Waals surface area contributed by atoms with Gasteiger partial charge in [-0.1, -0.05) is 30.3 Å². The molecule has 4 rings (SSSR count). The Bertz CT molecular complexity index is 788. The number of nitrogens with zero attached hydrogens (tertiary/aromatic N) is 3. The highest BCUT2D eigenvalue weighted by Crippen LogP contribution is 2.42. The lowest BCUT2D eigenvalue weighted by Gasteiger charge is -2.52. The predicted octanol–water partition coefficient (Wildman–Crippen LogP) is 2.29. The Morgan fingerprint density at radius 1 is 1.08 bits per heavy atom. The van der Waals surface area contributed by atoms with E-state index in [1.54, 1.807) is 0 Å². The maximum absolute atomic E-state index is 12.7. The van der Waals surface area contributed by atoms with Gasteiger partial charge in [-0.2, -0.15) is 0 Å². The number of aromatic nitrogens is 1. The van der Waals surface area contributed by atoms with Crippen molar-refractivity contribution in [1.29, 1.82) is 0 Å². The lowest BCUT2D eigenvalue weighted by molar-refractivity contribution is -0.165. The second-order valence-electron chi connectivity index (χ2n) is 7.22. The zero-order chi connectivity index (χ0) is 17.4. The van der Waals surface area contributed by atoms with Crippen molar-refractivity contribution in [3.8, 4) is 0 Å². The fraction of sp³-hybridized carbons (Fsp3) is 0.400. The van der Waals surface area contributed by atoms with Gasteiger partial charge >= 0.3 is 0 Å². The van der Waals surface area contributed by atoms with Gasteiger partial charge in [-0.25, -0.2) is 0 Å². The normalized spacial score (nSPS) is 19.2. The van der Waals surface area contributed by atoms with Crippen LogP contribution in [0, 0.1) is 5.41 Å². The Labute approximate surface area is 147 Å². The average Bonchev–Trinajstić information content (AvgIpc) is 3.08. The molecule has 1 aromatic carbocycles. The number of carbonyl (C=O) groups excluding carboxylic acids is 2. The fourth-order valence-electron chi connectivity index (χ4n) is 4.04. The second-order valence-corrected chi connectivity index (χ2v) is 7.22. The maximum Gasteiger partial charge on any atom is 0.270 e. The summed E-state index contributed by atoms with van der Waals surface area (Å²) in [5.74, 6) is 0.317. The van der Waals surface area contributed by atoms with Crippen LogP contribution in [0.3, 0.4) is 0 Å². The van der Waals surface area contributed by atoms with Gasteiger partial charge in [0.25, 0.3) is 5.91 Å². The number of benzene rings is 1. The summed E-state index contributed by atoms with van der Waals surface area (Å²) in [5, 5.41) is 0. The van der Waals surface area contributed by atoms with E-state index in [2.05, 4.69) is 12.1 Å². The topological polar surface area (TPSA) is 45.6 Å². The van der Waals surface area contributed by atoms with Crippen molar-refractivity contribution >= 4 is 11.8 Å². The molecule has 0 unspecified atom stereocenters. The first-order valence-corrected chi connectivity index (χ1v) is 8.83. The first kappa shape index (κ1) is 15.9. The molecule has 1 spiro atoms. The van der Waals surface area contributed by atoms with Crippen LogP contribution >= 0.6 is 0 Å². The molecule has 25 heavy (non-hydrogen) atoms. The zero-order valence-electron chi connectivity index (χ0n) is 14.5. The number of hydrogen-bond donors (Lipinski definition) is 0. The van der Waals surface area contributed by atoms with E-state index >= 15 is 0 Å². The summed E-state index contributed by atoms with van der Waals surface area (Å²) in [5.41, 5.74) is 1.64. The monoisotopic (exact) mass is 337 g/mol. The molecule has 0 radical (unpaired) electrons. The van der Waals surface area contributed by atoms with Crippen LogP contribution < -0.4 is 0 Å². The highest BCUT2D eigenvalue weighted by atomic mass is 16.2. The summed E-state index contributed by atoms with van der Waals surface area (Å²) < 4.78 is 1.85. The number of rotatable bonds is 3. The molecule has 0 bridgehead atoms. The standard InChI is InChI=1S/C20H23N3O2/c1-21-11-5-8-17(21)18(24)22-12-9-20(10-13-22)15-23(19(20)25)14-16-6-3-2-4-7-16/h2-8,11H,9-10,12-15H2,1H3. The predicted molar refractivity (Wildman–Crippen MR) is 94.8 cm³/mol. The molecule has 1 aromatic heterocycles. The van der Waals surface area contributed by atoms with Gasteiger partial charge in [0, 0.05) is 39.4 Å². The van der Waals surface area contributed by atoms with Crippen LogP contribution in [0.4, 0.5) is 0 Å². The van der Waals surface area contributed by atoms with Gasteiger partial charge in [-0.3, -0.25) is 9.59 Å². The lowest BCUT2D eigenvalue weighted by Crippen LogP contribution is -2.64. The van der Waals surface area contributed by atoms with E-state index < -0.39 is 0 Å². The molecule has 130 valence electrons. The SMILES string of the molecule is Cn1cccc1C(=O)N1CCC2(CC1)CN(Cc1ccccc1)C2=O. The molecule has 5 nitrogen and oxygen atoms in total. The Hall–Kier alpha value is -2.56. The van der Waals surface area contributed by atoms with Gasteiger partial charge in [-0.15, -0.1) is 0 Å². The number of β-lactam (4-membered cyclic amide) rings is 1. The van der Waals surface area contributed by atoms with Gasteiger partial charge in [-0.05, 0) is 30.5 Å². The zero-order valence-corrected chi connectivity index (χ0v) is 14.5. The Morgan fingerprint density at radius 2 is 1.80 bits per heavy atom. The van der Waals surface area contributed by atoms with Crippen LogP contribution in [-0.4, -0.2) is 45.8 Å². The van der Waals surface area contributed by atoms with Gasteiger partial charge in [0.2, 0.25) is 5.91 Å². The van der Waals surface area contributed by atoms with Crippen LogP contribution in [-0.2, 0) is 18.4 Å². The number of piperidine rings is 1. The maximum atomic E-state index is 12.7. The van der Waals surface area contributed by atoms with Crippen molar-refractivity contribution in [3.63, 3.8) is 0 Å².